The molecule has 0 amide bonds. The van der Waals surface area contributed by atoms with Gasteiger partial charge in [-0.25, -0.2) is 13.2 Å². The molecule has 0 bridgehead atoms. The molecule has 0 saturated carbocycles. The molecule has 0 heterocycles. The quantitative estimate of drug-likeness (QED) is 0.612. The van der Waals surface area contributed by atoms with E-state index in [2.05, 4.69) is 9.46 Å². The maximum atomic E-state index is 12.9. The molecule has 2 N–H and O–H groups in total. The molecule has 0 aromatic heterocycles. The van der Waals surface area contributed by atoms with E-state index < -0.39 is 21.7 Å². The van der Waals surface area contributed by atoms with Gasteiger partial charge in [0.25, 0.3) is 10.0 Å². The molecule has 2 rings (SSSR count). The molecule has 7 nitrogen and oxygen atoms in total. The smallest absolute Gasteiger partial charge is 0.341 e. The molecule has 0 unspecified atom stereocenters. The zero-order chi connectivity index (χ0) is 19.6. The van der Waals surface area contributed by atoms with Gasteiger partial charge >= 0.3 is 5.97 Å². The second-order valence-electron chi connectivity index (χ2n) is 5.90. The maximum Gasteiger partial charge on any atom is 0.341 e. The summed E-state index contributed by atoms with van der Waals surface area (Å²) in [4.78, 5) is 12.0. The fraction of sp³-hybridized carbons (Fsp3) is 0.278. The van der Waals surface area contributed by atoms with Crippen LogP contribution in [0, 0.1) is 20.8 Å². The lowest BCUT2D eigenvalue weighted by atomic mass is 10.1. The maximum absolute atomic E-state index is 12.9. The number of anilines is 1. The van der Waals surface area contributed by atoms with Gasteiger partial charge in [0, 0.05) is 6.07 Å². The number of phenols is 1. The molecule has 0 radical (unpaired) electrons. The van der Waals surface area contributed by atoms with Gasteiger partial charge in [0.1, 0.15) is 5.56 Å². The number of methoxy groups -OCH3 is 2. The topological polar surface area (TPSA) is 102 Å². The number of aryl methyl sites for hydroxylation is 3. The van der Waals surface area contributed by atoms with E-state index in [1.165, 1.54) is 19.2 Å². The molecule has 140 valence electrons. The number of hydrogen-bond acceptors (Lipinski definition) is 6. The predicted octanol–water partition coefficient (Wildman–Crippen LogP) is 2.91. The second-order valence-corrected chi connectivity index (χ2v) is 7.52. The van der Waals surface area contributed by atoms with Crippen LogP contribution in [0.2, 0.25) is 0 Å². The molecule has 0 saturated heterocycles. The van der Waals surface area contributed by atoms with Gasteiger partial charge in [-0.05, 0) is 38.0 Å². The number of phenolic OH excluding ortho intramolecular Hbond substituents is 1. The molecule has 2 aromatic rings. The van der Waals surface area contributed by atoms with Gasteiger partial charge in [0.05, 0.1) is 24.8 Å². The number of hydrogen-bond donors (Lipinski definition) is 2. The SMILES string of the molecule is COC(=O)c1cc(NS(=O)(=O)c2c(C)cc(C)cc2C)cc(OC)c1O. The summed E-state index contributed by atoms with van der Waals surface area (Å²) in [5.41, 5.74) is 2.03. The van der Waals surface area contributed by atoms with Gasteiger partial charge in [0.2, 0.25) is 0 Å². The summed E-state index contributed by atoms with van der Waals surface area (Å²) in [6.45, 7) is 5.31. The highest BCUT2D eigenvalue weighted by Gasteiger charge is 2.23. The summed E-state index contributed by atoms with van der Waals surface area (Å²) < 4.78 is 37.8. The van der Waals surface area contributed by atoms with Gasteiger partial charge in [0.15, 0.2) is 11.5 Å². The third-order valence-corrected chi connectivity index (χ3v) is 5.51. The fourth-order valence-electron chi connectivity index (χ4n) is 2.88. The summed E-state index contributed by atoms with van der Waals surface area (Å²) in [5, 5.41) is 10.0. The normalized spacial score (nSPS) is 11.1. The first-order valence-electron chi connectivity index (χ1n) is 7.70. The number of carbonyl (C=O) groups is 1. The minimum Gasteiger partial charge on any atom is -0.504 e. The van der Waals surface area contributed by atoms with Crippen LogP contribution in [0.4, 0.5) is 5.69 Å². The Morgan fingerprint density at radius 1 is 1.04 bits per heavy atom. The van der Waals surface area contributed by atoms with Crippen LogP contribution in [-0.2, 0) is 14.8 Å². The summed E-state index contributed by atoms with van der Waals surface area (Å²) >= 11 is 0. The van der Waals surface area contributed by atoms with E-state index in [-0.39, 0.29) is 21.9 Å². The number of rotatable bonds is 5. The first-order chi connectivity index (χ1) is 12.1. The van der Waals surface area contributed by atoms with Crippen LogP contribution in [0.5, 0.6) is 11.5 Å². The Hall–Kier alpha value is -2.74. The molecular weight excluding hydrogens is 358 g/mol. The number of benzene rings is 2. The Morgan fingerprint density at radius 3 is 2.12 bits per heavy atom. The molecule has 0 aliphatic heterocycles. The monoisotopic (exact) mass is 379 g/mol. The molecule has 0 atom stereocenters. The average molecular weight is 379 g/mol. The Morgan fingerprint density at radius 2 is 1.62 bits per heavy atom. The Balaban J connectivity index is 2.56. The highest BCUT2D eigenvalue weighted by atomic mass is 32.2. The van der Waals surface area contributed by atoms with Crippen molar-refractivity contribution in [3.8, 4) is 11.5 Å². The summed E-state index contributed by atoms with van der Waals surface area (Å²) in [6.07, 6.45) is 0. The summed E-state index contributed by atoms with van der Waals surface area (Å²) in [7, 11) is -1.47. The second kappa shape index (κ2) is 7.25. The van der Waals surface area contributed by atoms with Gasteiger partial charge < -0.3 is 14.6 Å². The largest absolute Gasteiger partial charge is 0.504 e. The molecule has 26 heavy (non-hydrogen) atoms. The number of carbonyl (C=O) groups excluding carboxylic acids is 1. The third-order valence-electron chi connectivity index (χ3n) is 3.83. The summed E-state index contributed by atoms with van der Waals surface area (Å²) in [6, 6.07) is 6.04. The van der Waals surface area contributed by atoms with Crippen LogP contribution in [0.3, 0.4) is 0 Å². The molecule has 0 aliphatic rings. The average Bonchev–Trinajstić information content (AvgIpc) is 2.53. The van der Waals surface area contributed by atoms with Crippen LogP contribution >= 0.6 is 0 Å². The van der Waals surface area contributed by atoms with Crippen LogP contribution in [-0.4, -0.2) is 33.7 Å². The van der Waals surface area contributed by atoms with Crippen LogP contribution < -0.4 is 9.46 Å². The van der Waals surface area contributed by atoms with Crippen LogP contribution in [0.15, 0.2) is 29.2 Å². The Labute approximate surface area is 152 Å². The zero-order valence-electron chi connectivity index (χ0n) is 15.2. The van der Waals surface area contributed by atoms with Crippen molar-refractivity contribution in [1.82, 2.24) is 0 Å². The van der Waals surface area contributed by atoms with E-state index in [1.807, 2.05) is 6.92 Å². The van der Waals surface area contributed by atoms with Crippen LogP contribution in [0.25, 0.3) is 0 Å². The van der Waals surface area contributed by atoms with Crippen molar-refractivity contribution in [2.24, 2.45) is 0 Å². The van der Waals surface area contributed by atoms with Gasteiger partial charge in [-0.2, -0.15) is 0 Å². The molecular formula is C18H21NO6S. The zero-order valence-corrected chi connectivity index (χ0v) is 16.0. The van der Waals surface area contributed by atoms with Crippen molar-refractivity contribution in [2.45, 2.75) is 25.7 Å². The lowest BCUT2D eigenvalue weighted by Gasteiger charge is -2.16. The van der Waals surface area contributed by atoms with Crippen molar-refractivity contribution < 1.29 is 27.8 Å². The van der Waals surface area contributed by atoms with E-state index in [4.69, 9.17) is 4.74 Å². The lowest BCUT2D eigenvalue weighted by Crippen LogP contribution is -2.16. The van der Waals surface area contributed by atoms with E-state index in [9.17, 15) is 18.3 Å². The van der Waals surface area contributed by atoms with E-state index in [0.29, 0.717) is 11.1 Å². The molecule has 8 heteroatoms. The lowest BCUT2D eigenvalue weighted by molar-refractivity contribution is 0.0597. The van der Waals surface area contributed by atoms with Gasteiger partial charge in [-0.1, -0.05) is 17.7 Å². The minimum absolute atomic E-state index is 0.0528. The number of nitrogens with one attached hydrogen (secondary N) is 1. The van der Waals surface area contributed by atoms with Crippen molar-refractivity contribution in [1.29, 1.82) is 0 Å². The van der Waals surface area contributed by atoms with Crippen molar-refractivity contribution in [3.05, 3.63) is 46.5 Å². The fourth-order valence-corrected chi connectivity index (χ4v) is 4.38. The first-order valence-corrected chi connectivity index (χ1v) is 9.19. The highest BCUT2D eigenvalue weighted by Crippen LogP contribution is 2.35. The Bertz CT molecular complexity index is 943. The van der Waals surface area contributed by atoms with Gasteiger partial charge in [-0.15, -0.1) is 0 Å². The van der Waals surface area contributed by atoms with Crippen molar-refractivity contribution >= 4 is 21.7 Å². The number of esters is 1. The number of aromatic hydroxyl groups is 1. The number of ether oxygens (including phenoxy) is 2. The standard InChI is InChI=1S/C18H21NO6S/c1-10-6-11(2)17(12(3)7-10)26(22,23)19-13-8-14(18(21)25-5)16(20)15(9-13)24-4/h6-9,19-20H,1-5H3. The molecule has 2 aromatic carbocycles. The first kappa shape index (κ1) is 19.6. The summed E-state index contributed by atoms with van der Waals surface area (Å²) in [5.74, 6) is -1.29. The minimum atomic E-state index is -3.92. The number of sulfonamides is 1. The molecule has 0 spiro atoms. The van der Waals surface area contributed by atoms with Crippen molar-refractivity contribution in [3.63, 3.8) is 0 Å². The van der Waals surface area contributed by atoms with E-state index >= 15 is 0 Å². The Kier molecular flexibility index (Phi) is 5.46. The predicted molar refractivity (Wildman–Crippen MR) is 97.5 cm³/mol. The highest BCUT2D eigenvalue weighted by molar-refractivity contribution is 7.92. The molecule has 0 fully saturated rings. The van der Waals surface area contributed by atoms with E-state index in [0.717, 1.165) is 12.7 Å². The molecule has 0 aliphatic carbocycles. The van der Waals surface area contributed by atoms with Gasteiger partial charge in [-0.3, -0.25) is 4.72 Å². The third kappa shape index (κ3) is 3.75. The van der Waals surface area contributed by atoms with Crippen molar-refractivity contribution in [2.75, 3.05) is 18.9 Å². The van der Waals surface area contributed by atoms with E-state index in [1.54, 1.807) is 26.0 Å². The van der Waals surface area contributed by atoms with Crippen LogP contribution in [0.1, 0.15) is 27.0 Å².